The first-order chi connectivity index (χ1) is 11.5. The summed E-state index contributed by atoms with van der Waals surface area (Å²) in [4.78, 5) is 19.1. The number of carbonyl (C=O) groups is 1. The molecule has 2 heterocycles. The van der Waals surface area contributed by atoms with Crippen molar-refractivity contribution in [2.45, 2.75) is 33.1 Å². The molecule has 0 spiro atoms. The van der Waals surface area contributed by atoms with E-state index in [2.05, 4.69) is 15.2 Å². The monoisotopic (exact) mass is 343 g/mol. The van der Waals surface area contributed by atoms with Gasteiger partial charge in [0.1, 0.15) is 5.69 Å². The number of aromatic nitrogens is 1. The van der Waals surface area contributed by atoms with Crippen molar-refractivity contribution in [1.29, 1.82) is 0 Å². The zero-order valence-electron chi connectivity index (χ0n) is 14.1. The first-order valence-electron chi connectivity index (χ1n) is 8.34. The van der Waals surface area contributed by atoms with Crippen LogP contribution in [0.4, 0.5) is 11.4 Å². The van der Waals surface area contributed by atoms with Crippen LogP contribution in [0.25, 0.3) is 0 Å². The Morgan fingerprint density at radius 3 is 2.62 bits per heavy atom. The van der Waals surface area contributed by atoms with Gasteiger partial charge >= 0.3 is 0 Å². The maximum absolute atomic E-state index is 12.6. The van der Waals surface area contributed by atoms with Gasteiger partial charge in [-0.1, -0.05) is 17.7 Å². The molecule has 3 rings (SSSR count). The van der Waals surface area contributed by atoms with Crippen LogP contribution in [0.15, 0.2) is 30.5 Å². The predicted octanol–water partition coefficient (Wildman–Crippen LogP) is 4.59. The molecule has 1 aliphatic rings. The van der Waals surface area contributed by atoms with Crippen molar-refractivity contribution < 1.29 is 4.79 Å². The number of anilines is 2. The lowest BCUT2D eigenvalue weighted by molar-refractivity contribution is 0.102. The molecule has 0 aliphatic carbocycles. The molecule has 0 unspecified atom stereocenters. The topological polar surface area (TPSA) is 45.2 Å². The number of carbonyl (C=O) groups excluding carboxylic acids is 1. The van der Waals surface area contributed by atoms with Crippen molar-refractivity contribution in [1.82, 2.24) is 4.98 Å². The average Bonchev–Trinajstić information content (AvgIpc) is 2.59. The molecule has 1 aromatic heterocycles. The highest BCUT2D eigenvalue weighted by Crippen LogP contribution is 2.28. The number of rotatable bonds is 3. The number of piperidine rings is 1. The lowest BCUT2D eigenvalue weighted by Crippen LogP contribution is -2.29. The minimum absolute atomic E-state index is 0.234. The summed E-state index contributed by atoms with van der Waals surface area (Å²) in [6, 6.07) is 7.67. The number of hydrogen-bond acceptors (Lipinski definition) is 3. The van der Waals surface area contributed by atoms with Gasteiger partial charge in [-0.15, -0.1) is 0 Å². The number of amides is 1. The van der Waals surface area contributed by atoms with E-state index in [0.717, 1.165) is 29.9 Å². The average molecular weight is 344 g/mol. The first kappa shape index (κ1) is 16.8. The van der Waals surface area contributed by atoms with Gasteiger partial charge in [-0.05, 0) is 62.4 Å². The molecular formula is C19H22ClN3O. The molecule has 2 aromatic rings. The first-order valence-corrected chi connectivity index (χ1v) is 8.71. The summed E-state index contributed by atoms with van der Waals surface area (Å²) >= 11 is 6.28. The summed E-state index contributed by atoms with van der Waals surface area (Å²) in [5, 5.41) is 3.45. The summed E-state index contributed by atoms with van der Waals surface area (Å²) in [5.74, 6) is -0.234. The van der Waals surface area contributed by atoms with Gasteiger partial charge in [-0.3, -0.25) is 9.78 Å². The van der Waals surface area contributed by atoms with Crippen molar-refractivity contribution in [3.05, 3.63) is 52.3 Å². The molecule has 1 amide bonds. The number of benzene rings is 1. The van der Waals surface area contributed by atoms with Crippen molar-refractivity contribution >= 4 is 28.9 Å². The van der Waals surface area contributed by atoms with Crippen LogP contribution in [0, 0.1) is 13.8 Å². The fraction of sp³-hybridized carbons (Fsp3) is 0.368. The van der Waals surface area contributed by atoms with Crippen molar-refractivity contribution in [2.75, 3.05) is 23.3 Å². The lowest BCUT2D eigenvalue weighted by atomic mass is 10.1. The van der Waals surface area contributed by atoms with Crippen LogP contribution >= 0.6 is 11.6 Å². The van der Waals surface area contributed by atoms with Crippen LogP contribution in [0.5, 0.6) is 0 Å². The Labute approximate surface area is 147 Å². The van der Waals surface area contributed by atoms with Gasteiger partial charge in [-0.25, -0.2) is 0 Å². The Balaban J connectivity index is 1.80. The molecule has 0 atom stereocenters. The van der Waals surface area contributed by atoms with Crippen molar-refractivity contribution in [3.63, 3.8) is 0 Å². The Morgan fingerprint density at radius 1 is 1.17 bits per heavy atom. The van der Waals surface area contributed by atoms with E-state index in [1.165, 1.54) is 19.3 Å². The number of nitrogens with zero attached hydrogens (tertiary/aromatic N) is 2. The van der Waals surface area contributed by atoms with E-state index >= 15 is 0 Å². The molecule has 1 aromatic carbocycles. The second kappa shape index (κ2) is 7.22. The second-order valence-electron chi connectivity index (χ2n) is 6.34. The fourth-order valence-electron chi connectivity index (χ4n) is 3.14. The lowest BCUT2D eigenvalue weighted by Gasteiger charge is -2.28. The standard InChI is InChI=1S/C19H22ClN3O/c1-13-10-14(2)18(16(20)11-13)22-19(24)17-12-15(6-7-21-17)23-8-4-3-5-9-23/h6-7,10-12H,3-5,8-9H2,1-2H3,(H,22,24). The molecule has 5 heteroatoms. The Hall–Kier alpha value is -2.07. The van der Waals surface area contributed by atoms with Crippen LogP contribution in [-0.4, -0.2) is 24.0 Å². The normalized spacial score (nSPS) is 14.5. The zero-order chi connectivity index (χ0) is 17.1. The highest BCUT2D eigenvalue weighted by Gasteiger charge is 2.16. The van der Waals surface area contributed by atoms with E-state index in [-0.39, 0.29) is 5.91 Å². The van der Waals surface area contributed by atoms with Crippen LogP contribution in [0.2, 0.25) is 5.02 Å². The molecule has 4 nitrogen and oxygen atoms in total. The molecule has 126 valence electrons. The number of pyridine rings is 1. The third kappa shape index (κ3) is 3.70. The Bertz CT molecular complexity index is 731. The minimum atomic E-state index is -0.234. The van der Waals surface area contributed by atoms with E-state index < -0.39 is 0 Å². The van der Waals surface area contributed by atoms with Gasteiger partial charge in [0, 0.05) is 25.0 Å². The molecule has 0 bridgehead atoms. The molecule has 1 saturated heterocycles. The Kier molecular flexibility index (Phi) is 5.05. The zero-order valence-corrected chi connectivity index (χ0v) is 14.9. The van der Waals surface area contributed by atoms with Crippen LogP contribution in [0.1, 0.15) is 40.9 Å². The molecule has 1 fully saturated rings. The number of halogens is 1. The summed E-state index contributed by atoms with van der Waals surface area (Å²) < 4.78 is 0. The summed E-state index contributed by atoms with van der Waals surface area (Å²) in [5.41, 5.74) is 4.13. The minimum Gasteiger partial charge on any atom is -0.371 e. The molecule has 1 aliphatic heterocycles. The van der Waals surface area contributed by atoms with E-state index in [1.807, 2.05) is 38.1 Å². The largest absolute Gasteiger partial charge is 0.371 e. The summed E-state index contributed by atoms with van der Waals surface area (Å²) in [6.07, 6.45) is 5.37. The number of hydrogen-bond donors (Lipinski definition) is 1. The Morgan fingerprint density at radius 2 is 1.92 bits per heavy atom. The van der Waals surface area contributed by atoms with Gasteiger partial charge in [0.15, 0.2) is 0 Å². The maximum Gasteiger partial charge on any atom is 0.274 e. The second-order valence-corrected chi connectivity index (χ2v) is 6.75. The van der Waals surface area contributed by atoms with Gasteiger partial charge in [-0.2, -0.15) is 0 Å². The van der Waals surface area contributed by atoms with Gasteiger partial charge in [0.25, 0.3) is 5.91 Å². The van der Waals surface area contributed by atoms with E-state index in [9.17, 15) is 4.79 Å². The predicted molar refractivity (Wildman–Crippen MR) is 99.2 cm³/mol. The summed E-state index contributed by atoms with van der Waals surface area (Å²) in [7, 11) is 0. The van der Waals surface area contributed by atoms with Crippen LogP contribution in [-0.2, 0) is 0 Å². The SMILES string of the molecule is Cc1cc(C)c(NC(=O)c2cc(N3CCCCC3)ccn2)c(Cl)c1. The van der Waals surface area contributed by atoms with Crippen molar-refractivity contribution in [2.24, 2.45) is 0 Å². The van der Waals surface area contributed by atoms with E-state index in [0.29, 0.717) is 16.4 Å². The van der Waals surface area contributed by atoms with Crippen LogP contribution in [0.3, 0.4) is 0 Å². The van der Waals surface area contributed by atoms with Gasteiger partial charge in [0.2, 0.25) is 0 Å². The summed E-state index contributed by atoms with van der Waals surface area (Å²) in [6.45, 7) is 5.99. The molecule has 1 N–H and O–H groups in total. The maximum atomic E-state index is 12.6. The van der Waals surface area contributed by atoms with Crippen LogP contribution < -0.4 is 10.2 Å². The van der Waals surface area contributed by atoms with E-state index in [4.69, 9.17) is 11.6 Å². The van der Waals surface area contributed by atoms with E-state index in [1.54, 1.807) is 6.20 Å². The highest BCUT2D eigenvalue weighted by molar-refractivity contribution is 6.34. The molecule has 24 heavy (non-hydrogen) atoms. The smallest absolute Gasteiger partial charge is 0.274 e. The molecule has 0 saturated carbocycles. The number of nitrogens with one attached hydrogen (secondary N) is 1. The highest BCUT2D eigenvalue weighted by atomic mass is 35.5. The van der Waals surface area contributed by atoms with Gasteiger partial charge in [0.05, 0.1) is 10.7 Å². The fourth-order valence-corrected chi connectivity index (χ4v) is 3.51. The van der Waals surface area contributed by atoms with Gasteiger partial charge < -0.3 is 10.2 Å². The quantitative estimate of drug-likeness (QED) is 0.886. The third-order valence-corrected chi connectivity index (χ3v) is 4.67. The molecular weight excluding hydrogens is 322 g/mol. The number of aryl methyl sites for hydroxylation is 2. The van der Waals surface area contributed by atoms with Crippen molar-refractivity contribution in [3.8, 4) is 0 Å². The molecule has 0 radical (unpaired) electrons. The third-order valence-electron chi connectivity index (χ3n) is 4.37.